The fourth-order valence-electron chi connectivity index (χ4n) is 3.39. The number of anilines is 1. The summed E-state index contributed by atoms with van der Waals surface area (Å²) >= 11 is 0. The molecule has 2 aromatic rings. The molecule has 0 spiro atoms. The molecule has 0 aromatic carbocycles. The average molecular weight is 466 g/mol. The standard InChI is InChI=1S/C21H35N5O5Si/c1-13(2)19(29)25-17-16-18(23-11-22-17)26(12-24-16)15-8-14(21(9-27,10-28)30-15)31-32(6,7)20(3,4)5/h11-15,27-28H,8-10H2,1-7H3,(H,22,23,25,29)/t14-,15+/m0/s1. The van der Waals surface area contributed by atoms with Crippen LogP contribution in [-0.4, -0.2) is 68.9 Å². The molecule has 1 saturated heterocycles. The molecule has 3 heterocycles. The number of carbonyl (C=O) groups is 1. The van der Waals surface area contributed by atoms with Crippen molar-refractivity contribution in [1.29, 1.82) is 0 Å². The zero-order valence-electron chi connectivity index (χ0n) is 19.9. The van der Waals surface area contributed by atoms with Crippen molar-refractivity contribution in [2.75, 3.05) is 18.5 Å². The van der Waals surface area contributed by atoms with Crippen LogP contribution in [0.15, 0.2) is 12.7 Å². The van der Waals surface area contributed by atoms with Crippen molar-refractivity contribution in [2.24, 2.45) is 5.92 Å². The van der Waals surface area contributed by atoms with Gasteiger partial charge in [-0.15, -0.1) is 0 Å². The molecule has 10 nitrogen and oxygen atoms in total. The van der Waals surface area contributed by atoms with E-state index in [4.69, 9.17) is 9.16 Å². The molecule has 0 unspecified atom stereocenters. The molecule has 0 saturated carbocycles. The van der Waals surface area contributed by atoms with Gasteiger partial charge < -0.3 is 24.7 Å². The lowest BCUT2D eigenvalue weighted by Gasteiger charge is -2.42. The van der Waals surface area contributed by atoms with Gasteiger partial charge in [-0.25, -0.2) is 15.0 Å². The van der Waals surface area contributed by atoms with E-state index in [9.17, 15) is 15.0 Å². The molecule has 0 bridgehead atoms. The number of aliphatic hydroxyl groups excluding tert-OH is 2. The molecule has 0 aliphatic carbocycles. The van der Waals surface area contributed by atoms with E-state index in [1.54, 1.807) is 24.7 Å². The molecule has 32 heavy (non-hydrogen) atoms. The van der Waals surface area contributed by atoms with Crippen molar-refractivity contribution in [3.8, 4) is 0 Å². The number of fused-ring (bicyclic) bond motifs is 1. The normalized spacial score (nSPS) is 21.4. The number of amides is 1. The lowest BCUT2D eigenvalue weighted by atomic mass is 9.99. The van der Waals surface area contributed by atoms with Crippen LogP contribution in [0.5, 0.6) is 0 Å². The first kappa shape index (κ1) is 24.7. The maximum Gasteiger partial charge on any atom is 0.228 e. The maximum absolute atomic E-state index is 12.1. The van der Waals surface area contributed by atoms with Gasteiger partial charge in [0.1, 0.15) is 18.2 Å². The van der Waals surface area contributed by atoms with Crippen LogP contribution in [0, 0.1) is 5.92 Å². The SMILES string of the molecule is CC(C)C(=O)Nc1ncnc2c1ncn2[C@H]1C[C@H](O[Si](C)(C)C(C)(C)C)C(CO)(CO)O1. The smallest absolute Gasteiger partial charge is 0.228 e. The van der Waals surface area contributed by atoms with E-state index in [-0.39, 0.29) is 30.1 Å². The van der Waals surface area contributed by atoms with Crippen molar-refractivity contribution in [3.63, 3.8) is 0 Å². The Labute approximate surface area is 189 Å². The van der Waals surface area contributed by atoms with Gasteiger partial charge in [0.2, 0.25) is 5.91 Å². The summed E-state index contributed by atoms with van der Waals surface area (Å²) in [7, 11) is -2.20. The van der Waals surface area contributed by atoms with Gasteiger partial charge in [-0.3, -0.25) is 9.36 Å². The minimum absolute atomic E-state index is 0.0415. The van der Waals surface area contributed by atoms with Gasteiger partial charge in [0.05, 0.1) is 25.6 Å². The van der Waals surface area contributed by atoms with Gasteiger partial charge in [0.25, 0.3) is 0 Å². The van der Waals surface area contributed by atoms with Crippen LogP contribution in [0.25, 0.3) is 11.2 Å². The Morgan fingerprint density at radius 1 is 1.31 bits per heavy atom. The highest BCUT2D eigenvalue weighted by atomic mass is 28.4. The molecule has 2 atom stereocenters. The average Bonchev–Trinajstić information content (AvgIpc) is 3.29. The molecule has 1 amide bonds. The Morgan fingerprint density at radius 3 is 2.53 bits per heavy atom. The predicted octanol–water partition coefficient (Wildman–Crippen LogP) is 2.45. The number of rotatable bonds is 7. The second kappa shape index (κ2) is 8.79. The van der Waals surface area contributed by atoms with Gasteiger partial charge in [0.15, 0.2) is 25.3 Å². The summed E-state index contributed by atoms with van der Waals surface area (Å²) in [6, 6.07) is 0. The molecule has 3 rings (SSSR count). The summed E-state index contributed by atoms with van der Waals surface area (Å²) in [6.45, 7) is 13.5. The van der Waals surface area contributed by atoms with E-state index in [0.29, 0.717) is 23.4 Å². The van der Waals surface area contributed by atoms with Crippen LogP contribution < -0.4 is 5.32 Å². The quantitative estimate of drug-likeness (QED) is 0.531. The number of aromatic nitrogens is 4. The van der Waals surface area contributed by atoms with Gasteiger partial charge in [-0.1, -0.05) is 34.6 Å². The van der Waals surface area contributed by atoms with Crippen molar-refractivity contribution >= 4 is 31.2 Å². The summed E-state index contributed by atoms with van der Waals surface area (Å²) in [5, 5.41) is 23.1. The predicted molar refractivity (Wildman–Crippen MR) is 123 cm³/mol. The minimum atomic E-state index is -2.20. The van der Waals surface area contributed by atoms with Crippen molar-refractivity contribution in [1.82, 2.24) is 19.5 Å². The molecule has 0 radical (unpaired) electrons. The van der Waals surface area contributed by atoms with Gasteiger partial charge in [0, 0.05) is 12.3 Å². The zero-order chi connectivity index (χ0) is 23.9. The summed E-state index contributed by atoms with van der Waals surface area (Å²) < 4.78 is 14.5. The Kier molecular flexibility index (Phi) is 6.79. The number of ether oxygens (including phenoxy) is 1. The van der Waals surface area contributed by atoms with E-state index in [2.05, 4.69) is 54.1 Å². The molecule has 1 aliphatic rings. The summed E-state index contributed by atoms with van der Waals surface area (Å²) in [5.74, 6) is -0.0441. The van der Waals surface area contributed by atoms with Gasteiger partial charge in [-0.05, 0) is 18.1 Å². The third-order valence-electron chi connectivity index (χ3n) is 6.59. The molecule has 1 fully saturated rings. The van der Waals surface area contributed by atoms with Crippen molar-refractivity contribution in [3.05, 3.63) is 12.7 Å². The highest BCUT2D eigenvalue weighted by Gasteiger charge is 2.53. The lowest BCUT2D eigenvalue weighted by Crippen LogP contribution is -2.54. The number of hydrogen-bond acceptors (Lipinski definition) is 8. The number of nitrogens with one attached hydrogen (secondary N) is 1. The van der Waals surface area contributed by atoms with Crippen LogP contribution in [0.4, 0.5) is 5.82 Å². The highest BCUT2D eigenvalue weighted by molar-refractivity contribution is 6.74. The Hall–Kier alpha value is -1.92. The van der Waals surface area contributed by atoms with E-state index in [1.807, 2.05) is 0 Å². The Bertz CT molecular complexity index is 967. The van der Waals surface area contributed by atoms with Crippen LogP contribution >= 0.6 is 0 Å². The lowest BCUT2D eigenvalue weighted by molar-refractivity contribution is -0.146. The number of aliphatic hydroxyl groups is 2. The Balaban J connectivity index is 1.94. The third kappa shape index (κ3) is 4.44. The summed E-state index contributed by atoms with van der Waals surface area (Å²) in [6.07, 6.45) is 2.29. The molecule has 11 heteroatoms. The number of carbonyl (C=O) groups excluding carboxylic acids is 1. The van der Waals surface area contributed by atoms with Crippen molar-refractivity contribution in [2.45, 2.75) is 77.1 Å². The Morgan fingerprint density at radius 2 is 1.97 bits per heavy atom. The second-order valence-electron chi connectivity index (χ2n) is 10.2. The first-order chi connectivity index (χ1) is 14.8. The molecule has 2 aromatic heterocycles. The second-order valence-corrected chi connectivity index (χ2v) is 15.0. The van der Waals surface area contributed by atoms with Crippen LogP contribution in [0.1, 0.15) is 47.3 Å². The van der Waals surface area contributed by atoms with E-state index in [1.165, 1.54) is 6.33 Å². The van der Waals surface area contributed by atoms with Crippen LogP contribution in [0.3, 0.4) is 0 Å². The first-order valence-electron chi connectivity index (χ1n) is 10.9. The van der Waals surface area contributed by atoms with Crippen LogP contribution in [0.2, 0.25) is 18.1 Å². The summed E-state index contributed by atoms with van der Waals surface area (Å²) in [4.78, 5) is 25.0. The highest BCUT2D eigenvalue weighted by Crippen LogP contribution is 2.45. The fraction of sp³-hybridized carbons (Fsp3) is 0.714. The molecule has 3 N–H and O–H groups in total. The molecule has 1 aliphatic heterocycles. The third-order valence-corrected chi connectivity index (χ3v) is 11.1. The number of hydrogen-bond donors (Lipinski definition) is 3. The zero-order valence-corrected chi connectivity index (χ0v) is 20.9. The van der Waals surface area contributed by atoms with Crippen molar-refractivity contribution < 1.29 is 24.2 Å². The monoisotopic (exact) mass is 465 g/mol. The maximum atomic E-state index is 12.1. The molecular weight excluding hydrogens is 430 g/mol. The fourth-order valence-corrected chi connectivity index (χ4v) is 4.77. The largest absolute Gasteiger partial charge is 0.411 e. The van der Waals surface area contributed by atoms with E-state index < -0.39 is 26.3 Å². The van der Waals surface area contributed by atoms with E-state index in [0.717, 1.165) is 0 Å². The number of nitrogens with zero attached hydrogens (tertiary/aromatic N) is 4. The number of imidazole rings is 1. The summed E-state index contributed by atoms with van der Waals surface area (Å²) in [5.41, 5.74) is -0.308. The molecule has 178 valence electrons. The molecular formula is C21H35N5O5Si. The van der Waals surface area contributed by atoms with Gasteiger partial charge >= 0.3 is 0 Å². The van der Waals surface area contributed by atoms with E-state index >= 15 is 0 Å². The topological polar surface area (TPSA) is 132 Å². The van der Waals surface area contributed by atoms with Gasteiger partial charge in [-0.2, -0.15) is 0 Å². The van der Waals surface area contributed by atoms with Crippen LogP contribution in [-0.2, 0) is 14.0 Å². The first-order valence-corrected chi connectivity index (χ1v) is 13.8. The minimum Gasteiger partial charge on any atom is -0.411 e.